The van der Waals surface area contributed by atoms with E-state index in [9.17, 15) is 29.7 Å². The molecule has 0 bridgehead atoms. The fourth-order valence-electron chi connectivity index (χ4n) is 3.69. The van der Waals surface area contributed by atoms with Crippen molar-refractivity contribution in [3.8, 4) is 0 Å². The third-order valence-corrected chi connectivity index (χ3v) is 6.43. The van der Waals surface area contributed by atoms with E-state index in [0.717, 1.165) is 44.9 Å². The lowest BCUT2D eigenvalue weighted by molar-refractivity contribution is -0.288. The minimum absolute atomic E-state index is 0.495. The van der Waals surface area contributed by atoms with Crippen molar-refractivity contribution in [3.05, 3.63) is 12.2 Å². The maximum Gasteiger partial charge on any atom is 0.335 e. The van der Waals surface area contributed by atoms with Gasteiger partial charge in [0.2, 0.25) is 6.29 Å². The number of aliphatic hydroxyl groups excluding tert-OH is 3. The van der Waals surface area contributed by atoms with Gasteiger partial charge in [0.05, 0.1) is 10.8 Å². The summed E-state index contributed by atoms with van der Waals surface area (Å²) in [5.41, 5.74) is -1.60. The summed E-state index contributed by atoms with van der Waals surface area (Å²) in [6, 6.07) is 0. The number of carbonyl (C=O) groups excluding carboxylic acids is 1. The monoisotopic (exact) mass is 502 g/mol. The average Bonchev–Trinajstić information content (AvgIpc) is 2.77. The van der Waals surface area contributed by atoms with Gasteiger partial charge in [0.15, 0.2) is 6.10 Å². The Morgan fingerprint density at radius 3 is 1.83 bits per heavy atom. The van der Waals surface area contributed by atoms with Crippen LogP contribution in [0.5, 0.6) is 0 Å². The fraction of sp³-hybridized carbons (Fsp3) is 0.800. The maximum atomic E-state index is 12.6. The van der Waals surface area contributed by atoms with Crippen molar-refractivity contribution >= 4 is 17.9 Å². The Bertz CT molecular complexity index is 730. The first-order valence-corrected chi connectivity index (χ1v) is 12.2. The highest BCUT2D eigenvalue weighted by Crippen LogP contribution is 2.29. The van der Waals surface area contributed by atoms with Crippen LogP contribution in [0, 0.1) is 10.8 Å². The molecular weight excluding hydrogens is 460 g/mol. The Hall–Kier alpha value is -2.01. The Labute approximate surface area is 206 Å². The summed E-state index contributed by atoms with van der Waals surface area (Å²) in [6.07, 6.45) is 2.68. The predicted molar refractivity (Wildman–Crippen MR) is 126 cm³/mol. The van der Waals surface area contributed by atoms with Gasteiger partial charge in [0, 0.05) is 0 Å². The van der Waals surface area contributed by atoms with E-state index in [-0.39, 0.29) is 0 Å². The highest BCUT2D eigenvalue weighted by Gasteiger charge is 2.49. The van der Waals surface area contributed by atoms with Gasteiger partial charge in [-0.05, 0) is 66.2 Å². The van der Waals surface area contributed by atoms with Crippen LogP contribution in [0.15, 0.2) is 12.2 Å². The average molecular weight is 503 g/mol. The number of carbonyl (C=O) groups is 3. The molecule has 0 radical (unpaired) electrons. The molecule has 0 aromatic heterocycles. The van der Waals surface area contributed by atoms with Crippen LogP contribution in [-0.2, 0) is 23.9 Å². The maximum absolute atomic E-state index is 12.6. The number of aliphatic carboxylic acids is 2. The van der Waals surface area contributed by atoms with Gasteiger partial charge in [-0.3, -0.25) is 9.59 Å². The molecule has 202 valence electrons. The standard InChI is InChI=1S/C25H42O10/c1-24(2,22(31)32)14-12-10-8-6-5-7-9-11-13-15-25(3,4)23(33)35-21-18(28)16(26)17(27)19(34-21)20(29)30/h5,7,16-19,21,26-28H,6,8-15H2,1-4H3,(H,29,30)(H,31,32)/b7-5+/t16-,17-,18+,19-,21?/m1/s1. The quantitative estimate of drug-likeness (QED) is 0.127. The van der Waals surface area contributed by atoms with Crippen LogP contribution in [0.1, 0.15) is 85.5 Å². The lowest BCUT2D eigenvalue weighted by atomic mass is 9.87. The van der Waals surface area contributed by atoms with E-state index >= 15 is 0 Å². The number of ether oxygens (including phenoxy) is 2. The molecule has 0 aliphatic carbocycles. The van der Waals surface area contributed by atoms with Crippen molar-refractivity contribution in [2.45, 2.75) is 116 Å². The van der Waals surface area contributed by atoms with Crippen LogP contribution in [0.3, 0.4) is 0 Å². The molecule has 1 heterocycles. The number of allylic oxidation sites excluding steroid dienone is 2. The Balaban J connectivity index is 2.30. The second kappa shape index (κ2) is 13.9. The van der Waals surface area contributed by atoms with Gasteiger partial charge in [0.1, 0.15) is 18.3 Å². The van der Waals surface area contributed by atoms with Crippen LogP contribution in [-0.4, -0.2) is 74.1 Å². The highest BCUT2D eigenvalue weighted by atomic mass is 16.7. The molecule has 5 atom stereocenters. The summed E-state index contributed by atoms with van der Waals surface area (Å²) < 4.78 is 10.2. The number of unbranched alkanes of at least 4 members (excludes halogenated alkanes) is 5. The normalized spacial score (nSPS) is 25.5. The zero-order chi connectivity index (χ0) is 26.8. The van der Waals surface area contributed by atoms with Gasteiger partial charge in [0.25, 0.3) is 0 Å². The number of carboxylic acids is 2. The van der Waals surface area contributed by atoms with Crippen LogP contribution in [0.2, 0.25) is 0 Å². The summed E-state index contributed by atoms with van der Waals surface area (Å²) in [5.74, 6) is -3.01. The highest BCUT2D eigenvalue weighted by molar-refractivity contribution is 5.76. The SMILES string of the molecule is CC(C)(CCCCC/C=C/CCCCC(C)(C)C(=O)OC1O[C@@H](C(=O)O)[C@H](O)[C@@H](O)[C@@H]1O)C(=O)O. The van der Waals surface area contributed by atoms with E-state index < -0.39 is 59.4 Å². The largest absolute Gasteiger partial charge is 0.481 e. The van der Waals surface area contributed by atoms with E-state index in [2.05, 4.69) is 12.2 Å². The molecule has 1 fully saturated rings. The fourth-order valence-corrected chi connectivity index (χ4v) is 3.69. The van der Waals surface area contributed by atoms with Gasteiger partial charge >= 0.3 is 17.9 Å². The predicted octanol–water partition coefficient (Wildman–Crippen LogP) is 2.63. The molecule has 10 heteroatoms. The van der Waals surface area contributed by atoms with Crippen LogP contribution in [0.25, 0.3) is 0 Å². The first-order chi connectivity index (χ1) is 16.2. The lowest BCUT2D eigenvalue weighted by Crippen LogP contribution is -2.61. The molecule has 10 nitrogen and oxygen atoms in total. The van der Waals surface area contributed by atoms with Crippen molar-refractivity contribution in [1.82, 2.24) is 0 Å². The Morgan fingerprint density at radius 1 is 0.771 bits per heavy atom. The van der Waals surface area contributed by atoms with Crippen LogP contribution < -0.4 is 0 Å². The molecule has 1 aliphatic heterocycles. The summed E-state index contributed by atoms with van der Waals surface area (Å²) in [5, 5.41) is 47.8. The molecular formula is C25H42O10. The topological polar surface area (TPSA) is 171 Å². The summed E-state index contributed by atoms with van der Waals surface area (Å²) in [6.45, 7) is 6.83. The second-order valence-corrected chi connectivity index (χ2v) is 10.5. The van der Waals surface area contributed by atoms with Crippen molar-refractivity contribution in [2.24, 2.45) is 10.8 Å². The van der Waals surface area contributed by atoms with E-state index in [1.807, 2.05) is 0 Å². The molecule has 1 rings (SSSR count). The van der Waals surface area contributed by atoms with E-state index in [1.165, 1.54) is 0 Å². The van der Waals surface area contributed by atoms with Gasteiger partial charge in [-0.2, -0.15) is 0 Å². The number of hydrogen-bond donors (Lipinski definition) is 5. The van der Waals surface area contributed by atoms with Crippen molar-refractivity contribution in [3.63, 3.8) is 0 Å². The zero-order valence-corrected chi connectivity index (χ0v) is 21.2. The minimum atomic E-state index is -1.84. The van der Waals surface area contributed by atoms with E-state index in [1.54, 1.807) is 27.7 Å². The zero-order valence-electron chi connectivity index (χ0n) is 21.2. The van der Waals surface area contributed by atoms with E-state index in [4.69, 9.17) is 19.7 Å². The van der Waals surface area contributed by atoms with Crippen molar-refractivity contribution in [2.75, 3.05) is 0 Å². The molecule has 1 unspecified atom stereocenters. The van der Waals surface area contributed by atoms with Crippen LogP contribution in [0.4, 0.5) is 0 Å². The smallest absolute Gasteiger partial charge is 0.335 e. The van der Waals surface area contributed by atoms with E-state index in [0.29, 0.717) is 12.8 Å². The van der Waals surface area contributed by atoms with Crippen molar-refractivity contribution in [1.29, 1.82) is 0 Å². The van der Waals surface area contributed by atoms with Gasteiger partial charge < -0.3 is 35.0 Å². The number of esters is 1. The number of hydrogen-bond acceptors (Lipinski definition) is 8. The summed E-state index contributed by atoms with van der Waals surface area (Å²) in [4.78, 5) is 34.8. The molecule has 1 aliphatic rings. The molecule has 0 amide bonds. The molecule has 0 aromatic rings. The third-order valence-electron chi connectivity index (χ3n) is 6.43. The third kappa shape index (κ3) is 9.87. The van der Waals surface area contributed by atoms with Gasteiger partial charge in [-0.25, -0.2) is 4.79 Å². The number of rotatable bonds is 15. The Morgan fingerprint density at radius 2 is 1.29 bits per heavy atom. The lowest BCUT2D eigenvalue weighted by Gasteiger charge is -2.39. The minimum Gasteiger partial charge on any atom is -0.481 e. The number of carboxylic acid groups (broad SMARTS) is 2. The van der Waals surface area contributed by atoms with Crippen molar-refractivity contribution < 1.29 is 49.4 Å². The molecule has 35 heavy (non-hydrogen) atoms. The van der Waals surface area contributed by atoms with Gasteiger partial charge in [-0.1, -0.05) is 31.4 Å². The second-order valence-electron chi connectivity index (χ2n) is 10.5. The van der Waals surface area contributed by atoms with Gasteiger partial charge in [-0.15, -0.1) is 0 Å². The molecule has 0 aromatic carbocycles. The first kappa shape index (κ1) is 31.0. The molecule has 0 spiro atoms. The molecule has 5 N–H and O–H groups in total. The summed E-state index contributed by atoms with van der Waals surface area (Å²) in [7, 11) is 0. The Kier molecular flexibility index (Phi) is 12.3. The molecule has 0 saturated carbocycles. The summed E-state index contributed by atoms with van der Waals surface area (Å²) >= 11 is 0. The molecule has 1 saturated heterocycles. The van der Waals surface area contributed by atoms with Crippen LogP contribution >= 0.6 is 0 Å². The number of aliphatic hydroxyl groups is 3. The first-order valence-electron chi connectivity index (χ1n) is 12.2.